The van der Waals surface area contributed by atoms with Crippen LogP contribution in [0.2, 0.25) is 0 Å². The maximum absolute atomic E-state index is 11.0. The fraction of sp³-hybridized carbons (Fsp3) is 0. The second kappa shape index (κ2) is 3.79. The smallest absolute Gasteiger partial charge is 0.266 e. The highest BCUT2D eigenvalue weighted by molar-refractivity contribution is 6.29. The van der Waals surface area contributed by atoms with E-state index in [4.69, 9.17) is 0 Å². The average molecular weight is 184 g/mol. The molecule has 0 saturated heterocycles. The van der Waals surface area contributed by atoms with Crippen LogP contribution in [0.15, 0.2) is 40.3 Å². The molecule has 1 heterocycles. The summed E-state index contributed by atoms with van der Waals surface area (Å²) in [6, 6.07) is 7.60. The maximum Gasteiger partial charge on any atom is 0.288 e. The van der Waals surface area contributed by atoms with Crippen molar-refractivity contribution in [3.8, 4) is 0 Å². The minimum absolute atomic E-state index is 0.341. The van der Waals surface area contributed by atoms with Gasteiger partial charge in [0.15, 0.2) is 0 Å². The molecule has 0 atom stereocenters. The van der Waals surface area contributed by atoms with Gasteiger partial charge in [0.05, 0.1) is 11.9 Å². The SMILES string of the molecule is O=C1/C=N/c2ccccc2/C=C/C=N\1. The number of nitrogens with zero attached hydrogens (tertiary/aromatic N) is 2. The zero-order valence-electron chi connectivity index (χ0n) is 7.42. The highest BCUT2D eigenvalue weighted by Crippen LogP contribution is 2.19. The molecular formula is C11H8N2O. The van der Waals surface area contributed by atoms with Crippen LogP contribution in [0.25, 0.3) is 6.08 Å². The van der Waals surface area contributed by atoms with Gasteiger partial charge in [-0.1, -0.05) is 24.3 Å². The Morgan fingerprint density at radius 1 is 1.07 bits per heavy atom. The van der Waals surface area contributed by atoms with Gasteiger partial charge >= 0.3 is 0 Å². The van der Waals surface area contributed by atoms with Gasteiger partial charge in [-0.15, -0.1) is 0 Å². The number of fused-ring (bicyclic) bond motifs is 1. The molecule has 3 heteroatoms. The summed E-state index contributed by atoms with van der Waals surface area (Å²) in [6.07, 6.45) is 6.29. The molecule has 0 saturated carbocycles. The third-order valence-electron chi connectivity index (χ3n) is 1.81. The average Bonchev–Trinajstić information content (AvgIpc) is 2.30. The van der Waals surface area contributed by atoms with Crippen LogP contribution in [-0.2, 0) is 4.79 Å². The number of rotatable bonds is 0. The van der Waals surface area contributed by atoms with Crippen LogP contribution >= 0.6 is 0 Å². The molecule has 0 fully saturated rings. The van der Waals surface area contributed by atoms with Crippen molar-refractivity contribution in [2.75, 3.05) is 0 Å². The Hall–Kier alpha value is -2.03. The predicted molar refractivity (Wildman–Crippen MR) is 57.1 cm³/mol. The first kappa shape index (κ1) is 8.56. The monoisotopic (exact) mass is 184 g/mol. The molecule has 1 amide bonds. The number of carbonyl (C=O) groups is 1. The summed E-state index contributed by atoms with van der Waals surface area (Å²) >= 11 is 0. The number of amides is 1. The molecule has 0 unspecified atom stereocenters. The molecule has 1 aromatic carbocycles. The summed E-state index contributed by atoms with van der Waals surface area (Å²) in [5, 5.41) is 0. The highest BCUT2D eigenvalue weighted by atomic mass is 16.1. The molecule has 0 aromatic heterocycles. The number of para-hydroxylation sites is 1. The first-order chi connectivity index (χ1) is 6.86. The first-order valence-electron chi connectivity index (χ1n) is 4.24. The molecule has 0 bridgehead atoms. The van der Waals surface area contributed by atoms with Gasteiger partial charge in [0.2, 0.25) is 0 Å². The second-order valence-electron chi connectivity index (χ2n) is 2.79. The molecule has 0 radical (unpaired) electrons. The molecule has 0 spiro atoms. The molecule has 3 nitrogen and oxygen atoms in total. The number of hydrogen-bond acceptors (Lipinski definition) is 2. The van der Waals surface area contributed by atoms with Crippen molar-refractivity contribution in [2.24, 2.45) is 9.98 Å². The van der Waals surface area contributed by atoms with Crippen molar-refractivity contribution in [2.45, 2.75) is 0 Å². The predicted octanol–water partition coefficient (Wildman–Crippen LogP) is 2.01. The van der Waals surface area contributed by atoms with Crippen molar-refractivity contribution in [3.63, 3.8) is 0 Å². The van der Waals surface area contributed by atoms with E-state index in [9.17, 15) is 4.79 Å². The number of hydrogen-bond donors (Lipinski definition) is 0. The maximum atomic E-state index is 11.0. The van der Waals surface area contributed by atoms with Crippen molar-refractivity contribution in [1.82, 2.24) is 0 Å². The van der Waals surface area contributed by atoms with E-state index >= 15 is 0 Å². The van der Waals surface area contributed by atoms with Gasteiger partial charge in [-0.05, 0) is 12.1 Å². The zero-order chi connectivity index (χ0) is 9.80. The molecule has 1 aromatic rings. The summed E-state index contributed by atoms with van der Waals surface area (Å²) in [4.78, 5) is 18.7. The third kappa shape index (κ3) is 1.82. The standard InChI is InChI=1S/C11H8N2O/c14-11-8-13-10-6-2-1-4-9(10)5-3-7-12-11/h1-8H/b5-3+,12-7-,13-8+. The van der Waals surface area contributed by atoms with Gasteiger partial charge in [0.1, 0.15) is 0 Å². The van der Waals surface area contributed by atoms with Gasteiger partial charge in [-0.25, -0.2) is 4.99 Å². The van der Waals surface area contributed by atoms with E-state index in [2.05, 4.69) is 9.98 Å². The van der Waals surface area contributed by atoms with Crippen LogP contribution in [0.4, 0.5) is 5.69 Å². The quantitative estimate of drug-likeness (QED) is 0.608. The van der Waals surface area contributed by atoms with Crippen LogP contribution in [0, 0.1) is 0 Å². The van der Waals surface area contributed by atoms with Crippen LogP contribution in [0.5, 0.6) is 0 Å². The van der Waals surface area contributed by atoms with Crippen molar-refractivity contribution in [3.05, 3.63) is 35.9 Å². The van der Waals surface area contributed by atoms with Gasteiger partial charge in [0.25, 0.3) is 5.91 Å². The Kier molecular flexibility index (Phi) is 2.32. The number of carbonyl (C=O) groups excluding carboxylic acids is 1. The van der Waals surface area contributed by atoms with Crippen LogP contribution in [-0.4, -0.2) is 18.3 Å². The molecule has 2 rings (SSSR count). The fourth-order valence-corrected chi connectivity index (χ4v) is 1.17. The minimum Gasteiger partial charge on any atom is -0.266 e. The highest BCUT2D eigenvalue weighted by Gasteiger charge is 1.98. The second-order valence-corrected chi connectivity index (χ2v) is 2.79. The lowest BCUT2D eigenvalue weighted by Crippen LogP contribution is -1.92. The Balaban J connectivity index is 2.52. The Morgan fingerprint density at radius 3 is 2.86 bits per heavy atom. The lowest BCUT2D eigenvalue weighted by molar-refractivity contribution is -0.111. The minimum atomic E-state index is -0.341. The lowest BCUT2D eigenvalue weighted by atomic mass is 10.1. The molecule has 1 aliphatic rings. The Bertz CT molecular complexity index is 444. The van der Waals surface area contributed by atoms with Gasteiger partial charge in [-0.3, -0.25) is 9.79 Å². The van der Waals surface area contributed by atoms with Gasteiger partial charge in [-0.2, -0.15) is 0 Å². The largest absolute Gasteiger partial charge is 0.288 e. The van der Waals surface area contributed by atoms with Crippen molar-refractivity contribution in [1.29, 1.82) is 0 Å². The molecule has 0 aliphatic carbocycles. The van der Waals surface area contributed by atoms with E-state index < -0.39 is 0 Å². The first-order valence-corrected chi connectivity index (χ1v) is 4.24. The van der Waals surface area contributed by atoms with Crippen LogP contribution < -0.4 is 0 Å². The number of benzene rings is 1. The molecule has 1 aliphatic heterocycles. The van der Waals surface area contributed by atoms with E-state index in [-0.39, 0.29) is 5.91 Å². The summed E-state index contributed by atoms with van der Waals surface area (Å²) in [5.74, 6) is -0.341. The van der Waals surface area contributed by atoms with E-state index in [1.807, 2.05) is 30.3 Å². The normalized spacial score (nSPS) is 21.3. The molecule has 68 valence electrons. The topological polar surface area (TPSA) is 41.8 Å². The number of allylic oxidation sites excluding steroid dienone is 1. The van der Waals surface area contributed by atoms with E-state index in [0.717, 1.165) is 11.3 Å². The molecule has 0 N–H and O–H groups in total. The van der Waals surface area contributed by atoms with Crippen LogP contribution in [0.3, 0.4) is 0 Å². The summed E-state index contributed by atoms with van der Waals surface area (Å²) in [7, 11) is 0. The number of aliphatic imine (C=N–C) groups is 2. The summed E-state index contributed by atoms with van der Waals surface area (Å²) in [5.41, 5.74) is 1.76. The molecular weight excluding hydrogens is 176 g/mol. The van der Waals surface area contributed by atoms with Crippen LogP contribution in [0.1, 0.15) is 5.56 Å². The zero-order valence-corrected chi connectivity index (χ0v) is 7.42. The fourth-order valence-electron chi connectivity index (χ4n) is 1.17. The van der Waals surface area contributed by atoms with E-state index in [0.29, 0.717) is 0 Å². The summed E-state index contributed by atoms with van der Waals surface area (Å²) < 4.78 is 0. The third-order valence-corrected chi connectivity index (χ3v) is 1.81. The Morgan fingerprint density at radius 2 is 1.93 bits per heavy atom. The van der Waals surface area contributed by atoms with Gasteiger partial charge in [0, 0.05) is 11.8 Å². The van der Waals surface area contributed by atoms with Gasteiger partial charge < -0.3 is 0 Å². The van der Waals surface area contributed by atoms with E-state index in [1.54, 1.807) is 6.08 Å². The molecule has 14 heavy (non-hydrogen) atoms. The summed E-state index contributed by atoms with van der Waals surface area (Å²) in [6.45, 7) is 0. The van der Waals surface area contributed by atoms with Crippen molar-refractivity contribution >= 4 is 30.1 Å². The Labute approximate surface area is 81.5 Å². The van der Waals surface area contributed by atoms with Crippen molar-refractivity contribution < 1.29 is 4.79 Å². The lowest BCUT2D eigenvalue weighted by Gasteiger charge is -1.97. The van der Waals surface area contributed by atoms with E-state index in [1.165, 1.54) is 12.4 Å².